The molecule has 5 heteroatoms. The molecule has 1 fully saturated rings. The van der Waals surface area contributed by atoms with E-state index >= 15 is 0 Å². The van der Waals surface area contributed by atoms with E-state index in [9.17, 15) is 0 Å². The SMILES string of the molecule is Cc1ncn(CCN2CCOCC2)c1N. The summed E-state index contributed by atoms with van der Waals surface area (Å²) in [6.45, 7) is 7.59. The first-order valence-corrected chi connectivity index (χ1v) is 5.34. The normalized spacial score (nSPS) is 18.2. The quantitative estimate of drug-likeness (QED) is 0.769. The Labute approximate surface area is 89.8 Å². The third-order valence-corrected chi connectivity index (χ3v) is 2.83. The van der Waals surface area contributed by atoms with Crippen LogP contribution in [0.25, 0.3) is 0 Å². The van der Waals surface area contributed by atoms with E-state index in [0.717, 1.165) is 50.9 Å². The molecule has 2 heterocycles. The van der Waals surface area contributed by atoms with Gasteiger partial charge in [0.15, 0.2) is 0 Å². The predicted molar refractivity (Wildman–Crippen MR) is 58.6 cm³/mol. The summed E-state index contributed by atoms with van der Waals surface area (Å²) in [5, 5.41) is 0. The van der Waals surface area contributed by atoms with Crippen molar-refractivity contribution < 1.29 is 4.74 Å². The molecular weight excluding hydrogens is 192 g/mol. The van der Waals surface area contributed by atoms with Crippen LogP contribution in [0.15, 0.2) is 6.33 Å². The van der Waals surface area contributed by atoms with Crippen molar-refractivity contribution in [3.63, 3.8) is 0 Å². The molecule has 84 valence electrons. The zero-order valence-corrected chi connectivity index (χ0v) is 9.15. The second-order valence-electron chi connectivity index (χ2n) is 3.86. The third kappa shape index (κ3) is 2.49. The zero-order chi connectivity index (χ0) is 10.7. The number of nitrogen functional groups attached to an aromatic ring is 1. The highest BCUT2D eigenvalue weighted by Gasteiger charge is 2.10. The number of rotatable bonds is 3. The maximum absolute atomic E-state index is 5.88. The van der Waals surface area contributed by atoms with Crippen LogP contribution in [0.3, 0.4) is 0 Å². The van der Waals surface area contributed by atoms with E-state index in [2.05, 4.69) is 9.88 Å². The molecule has 0 unspecified atom stereocenters. The van der Waals surface area contributed by atoms with E-state index in [4.69, 9.17) is 10.5 Å². The summed E-state index contributed by atoms with van der Waals surface area (Å²) < 4.78 is 7.30. The van der Waals surface area contributed by atoms with Crippen molar-refractivity contribution >= 4 is 5.82 Å². The molecule has 15 heavy (non-hydrogen) atoms. The van der Waals surface area contributed by atoms with Crippen LogP contribution >= 0.6 is 0 Å². The largest absolute Gasteiger partial charge is 0.384 e. The van der Waals surface area contributed by atoms with Gasteiger partial charge in [0, 0.05) is 26.2 Å². The Morgan fingerprint density at radius 2 is 2.13 bits per heavy atom. The molecule has 1 aliphatic heterocycles. The lowest BCUT2D eigenvalue weighted by Gasteiger charge is -2.26. The highest BCUT2D eigenvalue weighted by atomic mass is 16.5. The molecule has 2 N–H and O–H groups in total. The maximum Gasteiger partial charge on any atom is 0.126 e. The van der Waals surface area contributed by atoms with Gasteiger partial charge in [0.1, 0.15) is 5.82 Å². The third-order valence-electron chi connectivity index (χ3n) is 2.83. The molecule has 0 saturated carbocycles. The van der Waals surface area contributed by atoms with Crippen LogP contribution in [0.4, 0.5) is 5.82 Å². The minimum absolute atomic E-state index is 0.781. The minimum atomic E-state index is 0.781. The number of nitrogens with zero attached hydrogens (tertiary/aromatic N) is 3. The van der Waals surface area contributed by atoms with Crippen LogP contribution in [0, 0.1) is 6.92 Å². The fraction of sp³-hybridized carbons (Fsp3) is 0.700. The Kier molecular flexibility index (Phi) is 3.23. The van der Waals surface area contributed by atoms with Gasteiger partial charge >= 0.3 is 0 Å². The second-order valence-corrected chi connectivity index (χ2v) is 3.86. The van der Waals surface area contributed by atoms with Crippen molar-refractivity contribution in [2.45, 2.75) is 13.5 Å². The lowest BCUT2D eigenvalue weighted by Crippen LogP contribution is -2.38. The minimum Gasteiger partial charge on any atom is -0.384 e. The summed E-state index contributed by atoms with van der Waals surface area (Å²) in [5.41, 5.74) is 6.79. The summed E-state index contributed by atoms with van der Waals surface area (Å²) >= 11 is 0. The Bertz CT molecular complexity index is 317. The van der Waals surface area contributed by atoms with E-state index in [1.54, 1.807) is 0 Å². The van der Waals surface area contributed by atoms with Gasteiger partial charge in [-0.1, -0.05) is 0 Å². The van der Waals surface area contributed by atoms with Crippen molar-refractivity contribution in [3.8, 4) is 0 Å². The second kappa shape index (κ2) is 4.63. The molecule has 0 spiro atoms. The number of morpholine rings is 1. The Morgan fingerprint density at radius 3 is 2.73 bits per heavy atom. The highest BCUT2D eigenvalue weighted by Crippen LogP contribution is 2.08. The first-order valence-electron chi connectivity index (χ1n) is 5.34. The molecule has 0 aliphatic carbocycles. The predicted octanol–water partition coefficient (Wildman–Crippen LogP) is 0.106. The average Bonchev–Trinajstić information content (AvgIpc) is 2.59. The highest BCUT2D eigenvalue weighted by molar-refractivity contribution is 5.34. The first-order chi connectivity index (χ1) is 7.27. The number of hydrogen-bond donors (Lipinski definition) is 1. The molecule has 2 rings (SSSR count). The number of nitrogens with two attached hydrogens (primary N) is 1. The van der Waals surface area contributed by atoms with Crippen molar-refractivity contribution in [2.75, 3.05) is 38.6 Å². The number of hydrogen-bond acceptors (Lipinski definition) is 4. The average molecular weight is 210 g/mol. The van der Waals surface area contributed by atoms with Crippen LogP contribution in [0.5, 0.6) is 0 Å². The van der Waals surface area contributed by atoms with Gasteiger partial charge < -0.3 is 15.0 Å². The van der Waals surface area contributed by atoms with Crippen LogP contribution in [0.1, 0.15) is 5.69 Å². The summed E-state index contributed by atoms with van der Waals surface area (Å²) in [6.07, 6.45) is 1.81. The standard InChI is InChI=1S/C10H18N4O/c1-9-10(11)14(8-12-9)3-2-13-4-6-15-7-5-13/h8H,2-7,11H2,1H3. The fourth-order valence-corrected chi connectivity index (χ4v) is 1.74. The molecule has 0 radical (unpaired) electrons. The topological polar surface area (TPSA) is 56.3 Å². The Hall–Kier alpha value is -1.07. The molecule has 1 aromatic rings. The van der Waals surface area contributed by atoms with Gasteiger partial charge in [-0.2, -0.15) is 0 Å². The van der Waals surface area contributed by atoms with E-state index in [0.29, 0.717) is 0 Å². The zero-order valence-electron chi connectivity index (χ0n) is 9.15. The molecular formula is C10H18N4O. The number of aryl methyl sites for hydroxylation is 1. The molecule has 0 bridgehead atoms. The van der Waals surface area contributed by atoms with Crippen LogP contribution < -0.4 is 5.73 Å². The molecule has 1 saturated heterocycles. The molecule has 0 aromatic carbocycles. The number of imidazole rings is 1. The Morgan fingerprint density at radius 1 is 1.40 bits per heavy atom. The van der Waals surface area contributed by atoms with Gasteiger partial charge in [-0.05, 0) is 6.92 Å². The van der Waals surface area contributed by atoms with Gasteiger partial charge in [0.25, 0.3) is 0 Å². The van der Waals surface area contributed by atoms with Crippen LogP contribution in [-0.4, -0.2) is 47.3 Å². The fourth-order valence-electron chi connectivity index (χ4n) is 1.74. The van der Waals surface area contributed by atoms with Gasteiger partial charge in [-0.25, -0.2) is 4.98 Å². The van der Waals surface area contributed by atoms with E-state index < -0.39 is 0 Å². The Balaban J connectivity index is 1.84. The van der Waals surface area contributed by atoms with Crippen molar-refractivity contribution in [2.24, 2.45) is 0 Å². The summed E-state index contributed by atoms with van der Waals surface area (Å²) in [5.74, 6) is 0.781. The van der Waals surface area contributed by atoms with E-state index in [1.807, 2.05) is 17.8 Å². The summed E-state index contributed by atoms with van der Waals surface area (Å²) in [7, 11) is 0. The molecule has 1 aliphatic rings. The van der Waals surface area contributed by atoms with Crippen molar-refractivity contribution in [1.82, 2.24) is 14.5 Å². The van der Waals surface area contributed by atoms with Crippen molar-refractivity contribution in [3.05, 3.63) is 12.0 Å². The van der Waals surface area contributed by atoms with Crippen LogP contribution in [-0.2, 0) is 11.3 Å². The van der Waals surface area contributed by atoms with E-state index in [1.165, 1.54) is 0 Å². The van der Waals surface area contributed by atoms with Gasteiger partial charge in [-0.3, -0.25) is 4.90 Å². The van der Waals surface area contributed by atoms with E-state index in [-0.39, 0.29) is 0 Å². The maximum atomic E-state index is 5.88. The van der Waals surface area contributed by atoms with Gasteiger partial charge in [0.05, 0.1) is 25.2 Å². The first kappa shape index (κ1) is 10.4. The van der Waals surface area contributed by atoms with Gasteiger partial charge in [0.2, 0.25) is 0 Å². The lowest BCUT2D eigenvalue weighted by molar-refractivity contribution is 0.0364. The smallest absolute Gasteiger partial charge is 0.126 e. The summed E-state index contributed by atoms with van der Waals surface area (Å²) in [6, 6.07) is 0. The number of aromatic nitrogens is 2. The number of ether oxygens (including phenoxy) is 1. The number of anilines is 1. The lowest BCUT2D eigenvalue weighted by atomic mass is 10.4. The molecule has 1 aromatic heterocycles. The summed E-state index contributed by atoms with van der Waals surface area (Å²) in [4.78, 5) is 6.56. The molecule has 0 amide bonds. The van der Waals surface area contributed by atoms with Crippen LogP contribution in [0.2, 0.25) is 0 Å². The monoisotopic (exact) mass is 210 g/mol. The van der Waals surface area contributed by atoms with Gasteiger partial charge in [-0.15, -0.1) is 0 Å². The molecule has 5 nitrogen and oxygen atoms in total. The van der Waals surface area contributed by atoms with Crippen molar-refractivity contribution in [1.29, 1.82) is 0 Å². The molecule has 0 atom stereocenters.